The molecule has 1 aromatic rings. The van der Waals surface area contributed by atoms with Crippen LogP contribution in [0.1, 0.15) is 19.4 Å². The molecule has 6 heteroatoms. The van der Waals surface area contributed by atoms with Gasteiger partial charge in [-0.15, -0.1) is 0 Å². The fourth-order valence-electron chi connectivity index (χ4n) is 1.62. The lowest BCUT2D eigenvalue weighted by molar-refractivity contribution is 0.177. The predicted molar refractivity (Wildman–Crippen MR) is 75.2 cm³/mol. The van der Waals surface area contributed by atoms with Crippen molar-refractivity contribution in [2.75, 3.05) is 26.0 Å². The Labute approximate surface area is 114 Å². The van der Waals surface area contributed by atoms with E-state index in [1.807, 2.05) is 30.7 Å². The van der Waals surface area contributed by atoms with Crippen LogP contribution in [0.5, 0.6) is 0 Å². The molecular weight excluding hydrogens is 270 g/mol. The van der Waals surface area contributed by atoms with Crippen molar-refractivity contribution in [3.8, 4) is 0 Å². The highest BCUT2D eigenvalue weighted by Gasteiger charge is 2.23. The van der Waals surface area contributed by atoms with Crippen LogP contribution in [0.15, 0.2) is 16.8 Å². The minimum Gasteiger partial charge on any atom is -0.383 e. The van der Waals surface area contributed by atoms with Gasteiger partial charge in [0.1, 0.15) is 0 Å². The van der Waals surface area contributed by atoms with Crippen LogP contribution in [-0.4, -0.2) is 38.7 Å². The third kappa shape index (κ3) is 5.06. The van der Waals surface area contributed by atoms with Gasteiger partial charge in [-0.25, -0.2) is 8.42 Å². The molecule has 0 amide bonds. The van der Waals surface area contributed by atoms with Crippen LogP contribution in [0.3, 0.4) is 0 Å². The summed E-state index contributed by atoms with van der Waals surface area (Å²) in [6.45, 7) is 5.08. The number of methoxy groups -OCH3 is 1. The molecule has 0 unspecified atom stereocenters. The number of thiophene rings is 1. The first-order valence-electron chi connectivity index (χ1n) is 5.93. The Kier molecular flexibility index (Phi) is 6.28. The Morgan fingerprint density at radius 1 is 1.44 bits per heavy atom. The van der Waals surface area contributed by atoms with E-state index in [1.165, 1.54) is 4.31 Å². The van der Waals surface area contributed by atoms with Crippen LogP contribution in [-0.2, 0) is 21.3 Å². The number of rotatable bonds is 8. The van der Waals surface area contributed by atoms with Gasteiger partial charge in [-0.1, -0.05) is 13.8 Å². The first-order valence-corrected chi connectivity index (χ1v) is 8.48. The average molecular weight is 291 g/mol. The van der Waals surface area contributed by atoms with E-state index in [-0.39, 0.29) is 11.7 Å². The first kappa shape index (κ1) is 15.6. The first-order chi connectivity index (χ1) is 8.45. The Morgan fingerprint density at radius 3 is 2.67 bits per heavy atom. The van der Waals surface area contributed by atoms with Crippen LogP contribution >= 0.6 is 11.3 Å². The lowest BCUT2D eigenvalue weighted by atomic mass is 10.3. The molecule has 1 aromatic heterocycles. The van der Waals surface area contributed by atoms with Gasteiger partial charge < -0.3 is 4.74 Å². The molecule has 0 saturated heterocycles. The number of hydrogen-bond acceptors (Lipinski definition) is 4. The fourth-order valence-corrected chi connectivity index (χ4v) is 4.03. The zero-order chi connectivity index (χ0) is 13.6. The van der Waals surface area contributed by atoms with Crippen molar-refractivity contribution in [1.82, 2.24) is 4.31 Å². The van der Waals surface area contributed by atoms with E-state index in [2.05, 4.69) is 0 Å². The highest BCUT2D eigenvalue weighted by Crippen LogP contribution is 2.14. The zero-order valence-electron chi connectivity index (χ0n) is 11.1. The molecule has 1 heterocycles. The van der Waals surface area contributed by atoms with Crippen molar-refractivity contribution in [3.05, 3.63) is 22.4 Å². The summed E-state index contributed by atoms with van der Waals surface area (Å²) in [5.74, 6) is 0.309. The topological polar surface area (TPSA) is 46.6 Å². The Bertz CT molecular complexity index is 426. The lowest BCUT2D eigenvalue weighted by Crippen LogP contribution is -2.36. The highest BCUT2D eigenvalue weighted by atomic mass is 32.2. The summed E-state index contributed by atoms with van der Waals surface area (Å²) in [6.07, 6.45) is 0. The van der Waals surface area contributed by atoms with E-state index in [9.17, 15) is 8.42 Å². The fraction of sp³-hybridized carbons (Fsp3) is 0.667. The van der Waals surface area contributed by atoms with Crippen molar-refractivity contribution in [2.24, 2.45) is 5.92 Å². The van der Waals surface area contributed by atoms with E-state index in [0.29, 0.717) is 19.7 Å². The van der Waals surface area contributed by atoms with Crippen molar-refractivity contribution in [1.29, 1.82) is 0 Å². The second-order valence-electron chi connectivity index (χ2n) is 4.63. The van der Waals surface area contributed by atoms with Gasteiger partial charge in [0.15, 0.2) is 0 Å². The quantitative estimate of drug-likeness (QED) is 0.737. The van der Waals surface area contributed by atoms with Gasteiger partial charge in [0.05, 0.1) is 12.4 Å². The Hall–Kier alpha value is -0.430. The number of sulfonamides is 1. The van der Waals surface area contributed by atoms with Gasteiger partial charge in [-0.05, 0) is 28.3 Å². The van der Waals surface area contributed by atoms with E-state index in [0.717, 1.165) is 5.56 Å². The van der Waals surface area contributed by atoms with Gasteiger partial charge in [0, 0.05) is 20.2 Å². The maximum Gasteiger partial charge on any atom is 0.214 e. The molecule has 18 heavy (non-hydrogen) atoms. The summed E-state index contributed by atoms with van der Waals surface area (Å²) in [5.41, 5.74) is 1.03. The summed E-state index contributed by atoms with van der Waals surface area (Å²) >= 11 is 1.58. The minimum absolute atomic E-state index is 0.127. The zero-order valence-corrected chi connectivity index (χ0v) is 12.8. The second kappa shape index (κ2) is 7.23. The third-order valence-corrected chi connectivity index (χ3v) is 5.34. The van der Waals surface area contributed by atoms with Crippen LogP contribution in [0.25, 0.3) is 0 Å². The molecule has 0 spiro atoms. The number of hydrogen-bond donors (Lipinski definition) is 0. The Balaban J connectivity index is 2.77. The van der Waals surface area contributed by atoms with Crippen molar-refractivity contribution in [3.63, 3.8) is 0 Å². The van der Waals surface area contributed by atoms with E-state index >= 15 is 0 Å². The van der Waals surface area contributed by atoms with E-state index in [1.54, 1.807) is 18.4 Å². The molecule has 0 radical (unpaired) electrons. The molecular formula is C12H21NO3S2. The summed E-state index contributed by atoms with van der Waals surface area (Å²) in [7, 11) is -1.63. The maximum absolute atomic E-state index is 12.2. The average Bonchev–Trinajstić information content (AvgIpc) is 2.74. The molecule has 0 aliphatic rings. The number of ether oxygens (including phenoxy) is 1. The minimum atomic E-state index is -3.21. The molecule has 0 atom stereocenters. The second-order valence-corrected chi connectivity index (χ2v) is 7.42. The third-order valence-electron chi connectivity index (χ3n) is 2.42. The SMILES string of the molecule is COCCN(Cc1ccsc1)S(=O)(=O)CC(C)C. The summed E-state index contributed by atoms with van der Waals surface area (Å²) in [4.78, 5) is 0. The van der Waals surface area contributed by atoms with Gasteiger partial charge in [-0.2, -0.15) is 15.6 Å². The smallest absolute Gasteiger partial charge is 0.214 e. The largest absolute Gasteiger partial charge is 0.383 e. The summed E-state index contributed by atoms with van der Waals surface area (Å²) in [6, 6.07) is 1.95. The number of nitrogens with zero attached hydrogens (tertiary/aromatic N) is 1. The van der Waals surface area contributed by atoms with Gasteiger partial charge in [0.25, 0.3) is 0 Å². The van der Waals surface area contributed by atoms with Crippen molar-refractivity contribution >= 4 is 21.4 Å². The van der Waals surface area contributed by atoms with E-state index in [4.69, 9.17) is 4.74 Å². The van der Waals surface area contributed by atoms with Crippen LogP contribution in [0.4, 0.5) is 0 Å². The summed E-state index contributed by atoms with van der Waals surface area (Å²) in [5, 5.41) is 3.93. The van der Waals surface area contributed by atoms with Crippen molar-refractivity contribution < 1.29 is 13.2 Å². The Morgan fingerprint density at radius 2 is 2.17 bits per heavy atom. The van der Waals surface area contributed by atoms with Gasteiger partial charge in [0.2, 0.25) is 10.0 Å². The lowest BCUT2D eigenvalue weighted by Gasteiger charge is -2.22. The van der Waals surface area contributed by atoms with Crippen LogP contribution in [0.2, 0.25) is 0 Å². The van der Waals surface area contributed by atoms with Gasteiger partial charge >= 0.3 is 0 Å². The molecule has 0 aromatic carbocycles. The standard InChI is InChI=1S/C12H21NO3S2/c1-11(2)10-18(14,15)13(5-6-16-3)8-12-4-7-17-9-12/h4,7,9,11H,5-6,8,10H2,1-3H3. The molecule has 0 N–H and O–H groups in total. The molecule has 104 valence electrons. The molecule has 0 aliphatic heterocycles. The van der Waals surface area contributed by atoms with Crippen LogP contribution < -0.4 is 0 Å². The molecule has 0 aliphatic carbocycles. The van der Waals surface area contributed by atoms with Crippen molar-refractivity contribution in [2.45, 2.75) is 20.4 Å². The highest BCUT2D eigenvalue weighted by molar-refractivity contribution is 7.89. The molecule has 1 rings (SSSR count). The summed E-state index contributed by atoms with van der Waals surface area (Å²) < 4.78 is 31.0. The van der Waals surface area contributed by atoms with Gasteiger partial charge in [-0.3, -0.25) is 0 Å². The molecule has 0 fully saturated rings. The molecule has 0 bridgehead atoms. The maximum atomic E-state index is 12.2. The van der Waals surface area contributed by atoms with Crippen LogP contribution in [0, 0.1) is 5.92 Å². The predicted octanol–water partition coefficient (Wildman–Crippen LogP) is 2.18. The normalized spacial score (nSPS) is 12.5. The molecule has 0 saturated carbocycles. The van der Waals surface area contributed by atoms with E-state index < -0.39 is 10.0 Å². The monoisotopic (exact) mass is 291 g/mol. The molecule has 4 nitrogen and oxygen atoms in total.